The van der Waals surface area contributed by atoms with E-state index in [9.17, 15) is 20.4 Å². The average molecular weight is 385 g/mol. The van der Waals surface area contributed by atoms with Gasteiger partial charge in [-0.1, -0.05) is 28.1 Å². The third-order valence-electron chi connectivity index (χ3n) is 3.87. The summed E-state index contributed by atoms with van der Waals surface area (Å²) < 4.78 is 11.9. The molecule has 0 aromatic heterocycles. The van der Waals surface area contributed by atoms with Crippen molar-refractivity contribution in [3.63, 3.8) is 0 Å². The molecule has 2 aromatic carbocycles. The average Bonchev–Trinajstić information content (AvgIpc) is 2.55. The third kappa shape index (κ3) is 3.35. The minimum absolute atomic E-state index is 0.448. The molecule has 0 radical (unpaired) electrons. The Kier molecular flexibility index (Phi) is 4.86. The molecule has 5 atom stereocenters. The first kappa shape index (κ1) is 16.6. The topological polar surface area (TPSA) is 99.4 Å². The highest BCUT2D eigenvalue weighted by Gasteiger charge is 2.44. The fourth-order valence-corrected chi connectivity index (χ4v) is 2.95. The summed E-state index contributed by atoms with van der Waals surface area (Å²) in [6.45, 7) is -0.490. The van der Waals surface area contributed by atoms with Gasteiger partial charge in [-0.05, 0) is 35.0 Å². The summed E-state index contributed by atoms with van der Waals surface area (Å²) in [5, 5.41) is 40.6. The Balaban J connectivity index is 1.81. The van der Waals surface area contributed by atoms with Crippen LogP contribution in [0.15, 0.2) is 40.9 Å². The molecule has 23 heavy (non-hydrogen) atoms. The summed E-state index contributed by atoms with van der Waals surface area (Å²) in [6, 6.07) is 11.1. The molecular formula is C16H17BrO6. The monoisotopic (exact) mass is 384 g/mol. The zero-order chi connectivity index (χ0) is 16.6. The maximum atomic E-state index is 9.98. The van der Waals surface area contributed by atoms with Gasteiger partial charge >= 0.3 is 0 Å². The lowest BCUT2D eigenvalue weighted by Crippen LogP contribution is -2.60. The predicted molar refractivity (Wildman–Crippen MR) is 86.0 cm³/mol. The lowest BCUT2D eigenvalue weighted by molar-refractivity contribution is -0.277. The molecule has 1 heterocycles. The van der Waals surface area contributed by atoms with Crippen molar-refractivity contribution in [3.8, 4) is 5.75 Å². The number of hydrogen-bond donors (Lipinski definition) is 4. The first-order valence-corrected chi connectivity index (χ1v) is 7.95. The molecular weight excluding hydrogens is 368 g/mol. The summed E-state index contributed by atoms with van der Waals surface area (Å²) in [6.07, 6.45) is -6.45. The summed E-state index contributed by atoms with van der Waals surface area (Å²) in [7, 11) is 0. The predicted octanol–water partition coefficient (Wildman–Crippen LogP) is 0.781. The highest BCUT2D eigenvalue weighted by Crippen LogP contribution is 2.28. The van der Waals surface area contributed by atoms with Crippen LogP contribution in [0.25, 0.3) is 10.8 Å². The summed E-state index contributed by atoms with van der Waals surface area (Å²) in [5.41, 5.74) is 0. The fourth-order valence-electron chi connectivity index (χ4n) is 2.57. The van der Waals surface area contributed by atoms with Crippen molar-refractivity contribution in [2.24, 2.45) is 0 Å². The van der Waals surface area contributed by atoms with E-state index in [-0.39, 0.29) is 0 Å². The lowest BCUT2D eigenvalue weighted by atomic mass is 9.99. The Morgan fingerprint density at radius 2 is 1.65 bits per heavy atom. The standard InChI is InChI=1S/C16H17BrO6/c17-10-3-1-9-6-11(4-2-8(9)5-10)22-16-15(21)14(20)13(19)12(7-18)23-16/h1-6,12-16,18-21H,7H2/t12-,13+,14-,15+,16-/m0/s1. The molecule has 1 aliphatic heterocycles. The van der Waals surface area contributed by atoms with Crippen molar-refractivity contribution in [1.29, 1.82) is 0 Å². The van der Waals surface area contributed by atoms with E-state index in [1.165, 1.54) is 0 Å². The van der Waals surface area contributed by atoms with Crippen LogP contribution >= 0.6 is 15.9 Å². The van der Waals surface area contributed by atoms with Crippen molar-refractivity contribution in [2.75, 3.05) is 6.61 Å². The van der Waals surface area contributed by atoms with Crippen LogP contribution in [0.5, 0.6) is 5.75 Å². The van der Waals surface area contributed by atoms with Gasteiger partial charge in [-0.3, -0.25) is 0 Å². The number of ether oxygens (including phenoxy) is 2. The quantitative estimate of drug-likeness (QED) is 0.624. The molecule has 7 heteroatoms. The van der Waals surface area contributed by atoms with Gasteiger partial charge in [-0.25, -0.2) is 0 Å². The summed E-state index contributed by atoms with van der Waals surface area (Å²) >= 11 is 3.41. The number of aliphatic hydroxyl groups excluding tert-OH is 4. The van der Waals surface area contributed by atoms with E-state index in [4.69, 9.17) is 9.47 Å². The smallest absolute Gasteiger partial charge is 0.229 e. The molecule has 4 N–H and O–H groups in total. The zero-order valence-electron chi connectivity index (χ0n) is 12.0. The van der Waals surface area contributed by atoms with Crippen LogP contribution in [0, 0.1) is 0 Å². The van der Waals surface area contributed by atoms with Crippen LogP contribution in [0.2, 0.25) is 0 Å². The molecule has 0 bridgehead atoms. The number of halogens is 1. The van der Waals surface area contributed by atoms with Gasteiger partial charge in [-0.15, -0.1) is 0 Å². The van der Waals surface area contributed by atoms with Gasteiger partial charge in [0.2, 0.25) is 6.29 Å². The number of benzene rings is 2. The molecule has 0 saturated carbocycles. The second-order valence-electron chi connectivity index (χ2n) is 5.47. The molecule has 6 nitrogen and oxygen atoms in total. The van der Waals surface area contributed by atoms with Gasteiger partial charge in [-0.2, -0.15) is 0 Å². The van der Waals surface area contributed by atoms with Crippen LogP contribution in [-0.2, 0) is 4.74 Å². The molecule has 0 unspecified atom stereocenters. The molecule has 0 spiro atoms. The number of aliphatic hydroxyl groups is 4. The summed E-state index contributed by atoms with van der Waals surface area (Å²) in [5.74, 6) is 0.448. The Morgan fingerprint density at radius 3 is 2.39 bits per heavy atom. The third-order valence-corrected chi connectivity index (χ3v) is 4.37. The van der Waals surface area contributed by atoms with Crippen LogP contribution in [-0.4, -0.2) is 57.7 Å². The van der Waals surface area contributed by atoms with E-state index in [2.05, 4.69) is 15.9 Å². The summed E-state index contributed by atoms with van der Waals surface area (Å²) in [4.78, 5) is 0. The number of rotatable bonds is 3. The second kappa shape index (κ2) is 6.72. The van der Waals surface area contributed by atoms with Crippen LogP contribution in [0.4, 0.5) is 0 Å². The van der Waals surface area contributed by atoms with E-state index >= 15 is 0 Å². The molecule has 1 fully saturated rings. The normalized spacial score (nSPS) is 31.3. The van der Waals surface area contributed by atoms with E-state index in [1.807, 2.05) is 24.3 Å². The van der Waals surface area contributed by atoms with Gasteiger partial charge < -0.3 is 29.9 Å². The maximum absolute atomic E-state index is 9.98. The van der Waals surface area contributed by atoms with Crippen LogP contribution < -0.4 is 4.74 Å². The Morgan fingerprint density at radius 1 is 0.957 bits per heavy atom. The van der Waals surface area contributed by atoms with E-state index < -0.39 is 37.3 Å². The van der Waals surface area contributed by atoms with Crippen LogP contribution in [0.3, 0.4) is 0 Å². The largest absolute Gasteiger partial charge is 0.462 e. The maximum Gasteiger partial charge on any atom is 0.229 e. The van der Waals surface area contributed by atoms with Crippen molar-refractivity contribution < 1.29 is 29.9 Å². The molecule has 1 saturated heterocycles. The van der Waals surface area contributed by atoms with Gasteiger partial charge in [0, 0.05) is 4.47 Å². The van der Waals surface area contributed by atoms with Crippen molar-refractivity contribution in [1.82, 2.24) is 0 Å². The van der Waals surface area contributed by atoms with E-state index in [0.717, 1.165) is 15.2 Å². The molecule has 0 amide bonds. The second-order valence-corrected chi connectivity index (χ2v) is 6.38. The first-order chi connectivity index (χ1) is 11.0. The van der Waals surface area contributed by atoms with Gasteiger partial charge in [0.1, 0.15) is 30.2 Å². The van der Waals surface area contributed by atoms with Crippen molar-refractivity contribution in [2.45, 2.75) is 30.7 Å². The molecule has 1 aliphatic rings. The molecule has 3 rings (SSSR count). The van der Waals surface area contributed by atoms with Crippen LogP contribution in [0.1, 0.15) is 0 Å². The minimum Gasteiger partial charge on any atom is -0.462 e. The fraction of sp³-hybridized carbons (Fsp3) is 0.375. The first-order valence-electron chi connectivity index (χ1n) is 7.16. The zero-order valence-corrected chi connectivity index (χ0v) is 13.6. The minimum atomic E-state index is -1.46. The van der Waals surface area contributed by atoms with E-state index in [1.54, 1.807) is 12.1 Å². The van der Waals surface area contributed by atoms with Crippen molar-refractivity contribution in [3.05, 3.63) is 40.9 Å². The van der Waals surface area contributed by atoms with Gasteiger partial charge in [0.15, 0.2) is 0 Å². The SMILES string of the molecule is OC[C@@H]1O[C@H](Oc2ccc3cc(Br)ccc3c2)[C@H](O)[C@@H](O)[C@@H]1O. The molecule has 0 aliphatic carbocycles. The van der Waals surface area contributed by atoms with Gasteiger partial charge in [0.25, 0.3) is 0 Å². The Hall–Kier alpha value is -1.22. The highest BCUT2D eigenvalue weighted by atomic mass is 79.9. The van der Waals surface area contributed by atoms with Gasteiger partial charge in [0.05, 0.1) is 6.61 Å². The Labute approximate surface area is 141 Å². The lowest BCUT2D eigenvalue weighted by Gasteiger charge is -2.39. The number of hydrogen-bond acceptors (Lipinski definition) is 6. The Bertz CT molecular complexity index is 691. The highest BCUT2D eigenvalue weighted by molar-refractivity contribution is 9.10. The van der Waals surface area contributed by atoms with E-state index in [0.29, 0.717) is 5.75 Å². The number of fused-ring (bicyclic) bond motifs is 1. The van der Waals surface area contributed by atoms with Crippen molar-refractivity contribution >= 4 is 26.7 Å². The molecule has 124 valence electrons. The molecule has 2 aromatic rings.